The third-order valence-electron chi connectivity index (χ3n) is 6.85. The molecule has 1 aromatic carbocycles. The monoisotopic (exact) mass is 436 g/mol. The molecule has 2 aromatic heterocycles. The number of hydrogen-bond acceptors (Lipinski definition) is 5. The van der Waals surface area contributed by atoms with E-state index >= 15 is 0 Å². The van der Waals surface area contributed by atoms with Crippen LogP contribution >= 0.6 is 0 Å². The summed E-state index contributed by atoms with van der Waals surface area (Å²) in [6.45, 7) is 3.67. The van der Waals surface area contributed by atoms with Crippen molar-refractivity contribution in [2.24, 2.45) is 0 Å². The van der Waals surface area contributed by atoms with E-state index in [4.69, 9.17) is 0 Å². The summed E-state index contributed by atoms with van der Waals surface area (Å²) in [6, 6.07) is 7.16. The van der Waals surface area contributed by atoms with Crippen molar-refractivity contribution < 1.29 is 13.6 Å². The molecule has 2 bridgehead atoms. The van der Waals surface area contributed by atoms with E-state index in [9.17, 15) is 18.8 Å². The zero-order valence-corrected chi connectivity index (χ0v) is 17.8. The van der Waals surface area contributed by atoms with E-state index in [1.54, 1.807) is 12.1 Å². The number of amides is 1. The molecule has 2 aliphatic heterocycles. The summed E-state index contributed by atoms with van der Waals surface area (Å²) >= 11 is 0. The van der Waals surface area contributed by atoms with Gasteiger partial charge >= 0.3 is 0 Å². The second kappa shape index (κ2) is 7.62. The number of benzene rings is 1. The second-order valence-corrected chi connectivity index (χ2v) is 8.67. The summed E-state index contributed by atoms with van der Waals surface area (Å²) < 4.78 is 28.5. The number of aromatic nitrogens is 4. The number of aryl methyl sites for hydroxylation is 2. The van der Waals surface area contributed by atoms with Crippen molar-refractivity contribution in [3.8, 4) is 6.07 Å². The zero-order valence-electron chi connectivity index (χ0n) is 17.8. The minimum Gasteiger partial charge on any atom is -0.332 e. The van der Waals surface area contributed by atoms with Crippen LogP contribution in [0.15, 0.2) is 24.5 Å². The number of nitriles is 1. The van der Waals surface area contributed by atoms with Gasteiger partial charge in [0.05, 0.1) is 17.3 Å². The van der Waals surface area contributed by atoms with Crippen molar-refractivity contribution in [2.75, 3.05) is 0 Å². The van der Waals surface area contributed by atoms with Gasteiger partial charge < -0.3 is 4.90 Å². The molecule has 0 saturated carbocycles. The highest BCUT2D eigenvalue weighted by Gasteiger charge is 2.46. The summed E-state index contributed by atoms with van der Waals surface area (Å²) in [5.74, 6) is -0.0621. The van der Waals surface area contributed by atoms with Crippen molar-refractivity contribution >= 4 is 11.7 Å². The van der Waals surface area contributed by atoms with Crippen LogP contribution in [0.1, 0.15) is 76.5 Å². The molecule has 5 rings (SSSR count). The van der Waals surface area contributed by atoms with Crippen molar-refractivity contribution in [1.29, 1.82) is 5.26 Å². The van der Waals surface area contributed by atoms with Gasteiger partial charge in [0.15, 0.2) is 0 Å². The molecular formula is C23H22F2N6O. The van der Waals surface area contributed by atoms with E-state index < -0.39 is 6.43 Å². The van der Waals surface area contributed by atoms with Crippen LogP contribution in [0.3, 0.4) is 0 Å². The Morgan fingerprint density at radius 2 is 1.88 bits per heavy atom. The van der Waals surface area contributed by atoms with E-state index in [2.05, 4.69) is 21.1 Å². The van der Waals surface area contributed by atoms with Gasteiger partial charge in [-0.2, -0.15) is 15.3 Å². The molecule has 32 heavy (non-hydrogen) atoms. The molecule has 2 saturated heterocycles. The number of nitrogens with zero attached hydrogens (tertiary/aromatic N) is 6. The summed E-state index contributed by atoms with van der Waals surface area (Å²) in [7, 11) is 0. The molecule has 3 aromatic rings. The third kappa shape index (κ3) is 3.13. The summed E-state index contributed by atoms with van der Waals surface area (Å²) in [6.07, 6.45) is 1.87. The average molecular weight is 436 g/mol. The van der Waals surface area contributed by atoms with Gasteiger partial charge in [-0.05, 0) is 68.9 Å². The van der Waals surface area contributed by atoms with Crippen molar-refractivity contribution in [3.05, 3.63) is 58.2 Å². The largest absolute Gasteiger partial charge is 0.332 e. The van der Waals surface area contributed by atoms with Crippen molar-refractivity contribution in [3.63, 3.8) is 0 Å². The maximum atomic E-state index is 13.6. The molecule has 4 heterocycles. The predicted octanol–water partition coefficient (Wildman–Crippen LogP) is 4.10. The zero-order chi connectivity index (χ0) is 22.6. The highest BCUT2D eigenvalue weighted by atomic mass is 19.3. The lowest BCUT2D eigenvalue weighted by molar-refractivity contribution is 0.0553. The lowest BCUT2D eigenvalue weighted by Gasteiger charge is -2.40. The minimum absolute atomic E-state index is 0.0733. The molecular weight excluding hydrogens is 414 g/mol. The lowest BCUT2D eigenvalue weighted by Crippen LogP contribution is -2.47. The van der Waals surface area contributed by atoms with Gasteiger partial charge in [-0.25, -0.2) is 18.3 Å². The molecule has 7 nitrogen and oxygen atoms in total. The topological polar surface area (TPSA) is 87.2 Å². The van der Waals surface area contributed by atoms with E-state index in [0.717, 1.165) is 36.8 Å². The van der Waals surface area contributed by atoms with Crippen molar-refractivity contribution in [1.82, 2.24) is 24.5 Å². The average Bonchev–Trinajstić information content (AvgIpc) is 3.35. The van der Waals surface area contributed by atoms with Crippen LogP contribution in [-0.4, -0.2) is 42.5 Å². The van der Waals surface area contributed by atoms with Crippen LogP contribution in [0.2, 0.25) is 0 Å². The predicted molar refractivity (Wildman–Crippen MR) is 111 cm³/mol. The fraction of sp³-hybridized carbons (Fsp3) is 0.435. The fourth-order valence-corrected chi connectivity index (χ4v) is 5.46. The van der Waals surface area contributed by atoms with Gasteiger partial charge in [-0.1, -0.05) is 0 Å². The molecule has 164 valence electrons. The Morgan fingerprint density at radius 1 is 1.16 bits per heavy atom. The Labute approximate surface area is 183 Å². The Kier molecular flexibility index (Phi) is 4.88. The first-order valence-electron chi connectivity index (χ1n) is 10.7. The van der Waals surface area contributed by atoms with Crippen LogP contribution in [0.5, 0.6) is 0 Å². The number of hydrogen-bond donors (Lipinski definition) is 0. The number of carbonyl (C=O) groups is 1. The van der Waals surface area contributed by atoms with E-state index in [0.29, 0.717) is 16.8 Å². The number of halogens is 2. The Bertz CT molecular complexity index is 1240. The van der Waals surface area contributed by atoms with Crippen LogP contribution in [-0.2, 0) is 0 Å². The molecule has 0 radical (unpaired) electrons. The second-order valence-electron chi connectivity index (χ2n) is 8.67. The van der Waals surface area contributed by atoms with Gasteiger partial charge in [0.1, 0.15) is 12.0 Å². The number of rotatable bonds is 3. The van der Waals surface area contributed by atoms with Gasteiger partial charge in [0.25, 0.3) is 18.1 Å². The standard InChI is InChI=1S/C23H22F2N6O/c1-12-7-14(8-13(2)17(12)10-26)22(32)30-15-3-5-16(19(30)6-4-15)20-9-18(21(24)25)29-23-27-11-28-31(20)23/h7-9,11,15-16,19,21H,3-6H2,1-2H3/t15-,16-,19-/m0/s1. The maximum absolute atomic E-state index is 13.6. The maximum Gasteiger partial charge on any atom is 0.280 e. The summed E-state index contributed by atoms with van der Waals surface area (Å²) in [5.41, 5.74) is 3.00. The highest BCUT2D eigenvalue weighted by molar-refractivity contribution is 5.95. The van der Waals surface area contributed by atoms with Crippen LogP contribution in [0.4, 0.5) is 8.78 Å². The van der Waals surface area contributed by atoms with E-state index in [1.807, 2.05) is 18.7 Å². The van der Waals surface area contributed by atoms with Crippen molar-refractivity contribution in [2.45, 2.75) is 64.0 Å². The molecule has 0 unspecified atom stereocenters. The van der Waals surface area contributed by atoms with Crippen LogP contribution in [0, 0.1) is 25.2 Å². The fourth-order valence-electron chi connectivity index (χ4n) is 5.46. The number of alkyl halides is 2. The molecule has 0 N–H and O–H groups in total. The van der Waals surface area contributed by atoms with Gasteiger partial charge in [0, 0.05) is 23.6 Å². The molecule has 2 fully saturated rings. The smallest absolute Gasteiger partial charge is 0.280 e. The first-order chi connectivity index (χ1) is 15.4. The van der Waals surface area contributed by atoms with Crippen LogP contribution in [0.25, 0.3) is 5.78 Å². The number of fused-ring (bicyclic) bond motifs is 3. The Morgan fingerprint density at radius 3 is 2.56 bits per heavy atom. The Hall–Kier alpha value is -3.41. The summed E-state index contributed by atoms with van der Waals surface area (Å²) in [5, 5.41) is 13.6. The quantitative estimate of drug-likeness (QED) is 0.617. The molecule has 9 heteroatoms. The minimum atomic E-state index is -2.71. The molecule has 0 spiro atoms. The SMILES string of the molecule is Cc1cc(C(=O)N2[C@H]3CC[C@H](c4cc(C(F)F)nc5ncnn45)[C@@H]2CC3)cc(C)c1C#N. The van der Waals surface area contributed by atoms with Gasteiger partial charge in [0.2, 0.25) is 0 Å². The van der Waals surface area contributed by atoms with E-state index in [-0.39, 0.29) is 35.4 Å². The highest BCUT2D eigenvalue weighted by Crippen LogP contribution is 2.45. The lowest BCUT2D eigenvalue weighted by atomic mass is 9.86. The first kappa shape index (κ1) is 20.5. The number of carbonyl (C=O) groups excluding carboxylic acids is 1. The van der Waals surface area contributed by atoms with E-state index in [1.165, 1.54) is 16.9 Å². The Balaban J connectivity index is 1.54. The number of piperidine rings is 1. The normalized spacial score (nSPS) is 22.5. The third-order valence-corrected chi connectivity index (χ3v) is 6.85. The van der Waals surface area contributed by atoms with Gasteiger partial charge in [-0.15, -0.1) is 0 Å². The van der Waals surface area contributed by atoms with Crippen LogP contribution < -0.4 is 0 Å². The summed E-state index contributed by atoms with van der Waals surface area (Å²) in [4.78, 5) is 23.5. The molecule has 0 aliphatic carbocycles. The molecule has 1 amide bonds. The first-order valence-corrected chi connectivity index (χ1v) is 10.7. The molecule has 3 atom stereocenters. The molecule has 2 aliphatic rings. The van der Waals surface area contributed by atoms with Gasteiger partial charge in [-0.3, -0.25) is 4.79 Å².